The summed E-state index contributed by atoms with van der Waals surface area (Å²) in [6.07, 6.45) is 0. The van der Waals surface area contributed by atoms with Crippen LogP contribution in [-0.2, 0) is 5.60 Å². The summed E-state index contributed by atoms with van der Waals surface area (Å²) in [5.74, 6) is 0.652. The molecule has 1 aliphatic heterocycles. The molecule has 0 radical (unpaired) electrons. The Kier molecular flexibility index (Phi) is 2.52. The van der Waals surface area contributed by atoms with Crippen LogP contribution in [0.4, 0.5) is 0 Å². The average Bonchev–Trinajstić information content (AvgIpc) is 2.65. The minimum atomic E-state index is -0.912. The summed E-state index contributed by atoms with van der Waals surface area (Å²) in [5.41, 5.74) is 0.600. The van der Waals surface area contributed by atoms with Crippen LogP contribution in [0.2, 0.25) is 0 Å². The first-order valence-electron chi connectivity index (χ1n) is 5.70. The molecule has 1 atom stereocenters. The number of hydrogen-bond acceptors (Lipinski definition) is 2. The highest BCUT2D eigenvalue weighted by Crippen LogP contribution is 2.41. The maximum atomic E-state index is 12.5. The molecule has 0 spiro atoms. The van der Waals surface area contributed by atoms with Gasteiger partial charge in [0.1, 0.15) is 5.75 Å². The zero-order valence-electron chi connectivity index (χ0n) is 9.81. The highest BCUT2D eigenvalue weighted by atomic mass is 79.9. The molecule has 1 aliphatic rings. The van der Waals surface area contributed by atoms with E-state index in [-0.39, 0.29) is 5.78 Å². The monoisotopic (exact) mass is 302 g/mol. The molecular weight excluding hydrogens is 292 g/mol. The van der Waals surface area contributed by atoms with Gasteiger partial charge in [-0.15, -0.1) is 0 Å². The molecule has 0 saturated carbocycles. The van der Waals surface area contributed by atoms with E-state index in [1.807, 2.05) is 55.5 Å². The standard InChI is InChI=1S/C15H11BrO2/c1-15(10-5-3-2-4-6-10)14(17)12-9-11(16)7-8-13(12)18-15/h2-9H,1H3. The number of halogens is 1. The fraction of sp³-hybridized carbons (Fsp3) is 0.133. The molecule has 0 fully saturated rings. The van der Waals surface area contributed by atoms with Gasteiger partial charge in [-0.25, -0.2) is 0 Å². The smallest absolute Gasteiger partial charge is 0.214 e. The van der Waals surface area contributed by atoms with Gasteiger partial charge in [-0.2, -0.15) is 0 Å². The molecule has 0 saturated heterocycles. The molecule has 2 aromatic carbocycles. The molecule has 0 amide bonds. The van der Waals surface area contributed by atoms with Crippen LogP contribution in [0, 0.1) is 0 Å². The van der Waals surface area contributed by atoms with E-state index in [1.165, 1.54) is 0 Å². The quantitative estimate of drug-likeness (QED) is 0.797. The van der Waals surface area contributed by atoms with Gasteiger partial charge in [-0.05, 0) is 25.1 Å². The summed E-state index contributed by atoms with van der Waals surface area (Å²) in [6, 6.07) is 15.1. The van der Waals surface area contributed by atoms with Crippen molar-refractivity contribution in [3.8, 4) is 5.75 Å². The SMILES string of the molecule is CC1(c2ccccc2)Oc2ccc(Br)cc2C1=O. The molecule has 90 valence electrons. The second-order valence-electron chi connectivity index (χ2n) is 4.47. The number of rotatable bonds is 1. The first-order chi connectivity index (χ1) is 8.61. The third kappa shape index (κ3) is 1.58. The minimum absolute atomic E-state index is 0.00463. The molecule has 3 rings (SSSR count). The normalized spacial score (nSPS) is 21.6. The van der Waals surface area contributed by atoms with E-state index < -0.39 is 5.60 Å². The van der Waals surface area contributed by atoms with Crippen molar-refractivity contribution in [1.29, 1.82) is 0 Å². The third-order valence-corrected chi connectivity index (χ3v) is 3.75. The van der Waals surface area contributed by atoms with Gasteiger partial charge in [0, 0.05) is 10.0 Å². The molecule has 0 aliphatic carbocycles. The number of ketones is 1. The van der Waals surface area contributed by atoms with Crippen LogP contribution in [0.3, 0.4) is 0 Å². The van der Waals surface area contributed by atoms with Gasteiger partial charge in [0.05, 0.1) is 5.56 Å². The Morgan fingerprint density at radius 3 is 2.56 bits per heavy atom. The van der Waals surface area contributed by atoms with Gasteiger partial charge in [0.15, 0.2) is 5.60 Å². The predicted molar refractivity (Wildman–Crippen MR) is 72.9 cm³/mol. The van der Waals surface area contributed by atoms with E-state index >= 15 is 0 Å². The van der Waals surface area contributed by atoms with Crippen molar-refractivity contribution < 1.29 is 9.53 Å². The highest BCUT2D eigenvalue weighted by molar-refractivity contribution is 9.10. The van der Waals surface area contributed by atoms with Crippen LogP contribution in [0.25, 0.3) is 0 Å². The molecule has 2 nitrogen and oxygen atoms in total. The zero-order valence-corrected chi connectivity index (χ0v) is 11.4. The summed E-state index contributed by atoms with van der Waals surface area (Å²) in [5, 5.41) is 0. The maximum Gasteiger partial charge on any atom is 0.214 e. The number of ether oxygens (including phenoxy) is 1. The van der Waals surface area contributed by atoms with E-state index in [1.54, 1.807) is 0 Å². The van der Waals surface area contributed by atoms with Crippen molar-refractivity contribution in [2.75, 3.05) is 0 Å². The van der Waals surface area contributed by atoms with E-state index in [0.717, 1.165) is 10.0 Å². The van der Waals surface area contributed by atoms with Crippen molar-refractivity contribution in [3.63, 3.8) is 0 Å². The average molecular weight is 303 g/mol. The number of carbonyl (C=O) groups excluding carboxylic acids is 1. The lowest BCUT2D eigenvalue weighted by atomic mass is 9.90. The summed E-state index contributed by atoms with van der Waals surface area (Å²) >= 11 is 3.38. The Morgan fingerprint density at radius 1 is 1.11 bits per heavy atom. The first-order valence-corrected chi connectivity index (χ1v) is 6.49. The number of Topliss-reactive ketones (excluding diaryl/α,β-unsaturated/α-hetero) is 1. The lowest BCUT2D eigenvalue weighted by molar-refractivity contribution is 0.0619. The topological polar surface area (TPSA) is 26.3 Å². The number of fused-ring (bicyclic) bond motifs is 1. The summed E-state index contributed by atoms with van der Waals surface area (Å²) < 4.78 is 6.76. The van der Waals surface area contributed by atoms with Crippen LogP contribution in [-0.4, -0.2) is 5.78 Å². The lowest BCUT2D eigenvalue weighted by Gasteiger charge is -2.22. The molecule has 3 heteroatoms. The highest BCUT2D eigenvalue weighted by Gasteiger charge is 2.45. The van der Waals surface area contributed by atoms with Gasteiger partial charge in [-0.1, -0.05) is 46.3 Å². The zero-order chi connectivity index (χ0) is 12.8. The predicted octanol–water partition coefficient (Wildman–Crippen LogP) is 3.94. The van der Waals surface area contributed by atoms with Crippen LogP contribution in [0.5, 0.6) is 5.75 Å². The van der Waals surface area contributed by atoms with Gasteiger partial charge in [0.2, 0.25) is 5.78 Å². The Balaban J connectivity index is 2.12. The van der Waals surface area contributed by atoms with Crippen LogP contribution >= 0.6 is 15.9 Å². The first kappa shape index (κ1) is 11.5. The second kappa shape index (κ2) is 3.95. The fourth-order valence-electron chi connectivity index (χ4n) is 2.24. The van der Waals surface area contributed by atoms with Gasteiger partial charge in [0.25, 0.3) is 0 Å². The van der Waals surface area contributed by atoms with Crippen LogP contribution in [0.1, 0.15) is 22.8 Å². The van der Waals surface area contributed by atoms with Crippen molar-refractivity contribution >= 4 is 21.7 Å². The maximum absolute atomic E-state index is 12.5. The van der Waals surface area contributed by atoms with E-state index in [4.69, 9.17) is 4.74 Å². The molecule has 0 aromatic heterocycles. The molecule has 0 bridgehead atoms. The van der Waals surface area contributed by atoms with Gasteiger partial charge in [-0.3, -0.25) is 4.79 Å². The summed E-state index contributed by atoms with van der Waals surface area (Å²) in [6.45, 7) is 1.82. The molecule has 1 heterocycles. The van der Waals surface area contributed by atoms with Crippen molar-refractivity contribution in [2.45, 2.75) is 12.5 Å². The largest absolute Gasteiger partial charge is 0.474 e. The number of benzene rings is 2. The lowest BCUT2D eigenvalue weighted by Crippen LogP contribution is -2.33. The second-order valence-corrected chi connectivity index (χ2v) is 5.39. The molecule has 18 heavy (non-hydrogen) atoms. The molecular formula is C15H11BrO2. The fourth-order valence-corrected chi connectivity index (χ4v) is 2.60. The van der Waals surface area contributed by atoms with Crippen molar-refractivity contribution in [2.24, 2.45) is 0 Å². The molecule has 1 unspecified atom stereocenters. The van der Waals surface area contributed by atoms with Crippen LogP contribution < -0.4 is 4.74 Å². The minimum Gasteiger partial charge on any atom is -0.474 e. The molecule has 0 N–H and O–H groups in total. The molecule has 2 aromatic rings. The number of carbonyl (C=O) groups is 1. The van der Waals surface area contributed by atoms with E-state index in [9.17, 15) is 4.79 Å². The van der Waals surface area contributed by atoms with Gasteiger partial charge >= 0.3 is 0 Å². The Morgan fingerprint density at radius 2 is 1.83 bits per heavy atom. The van der Waals surface area contributed by atoms with Crippen LogP contribution in [0.15, 0.2) is 53.0 Å². The number of hydrogen-bond donors (Lipinski definition) is 0. The van der Waals surface area contributed by atoms with Gasteiger partial charge < -0.3 is 4.74 Å². The van der Waals surface area contributed by atoms with E-state index in [0.29, 0.717) is 11.3 Å². The Bertz CT molecular complexity index is 622. The summed E-state index contributed by atoms with van der Waals surface area (Å²) in [7, 11) is 0. The van der Waals surface area contributed by atoms with Crippen molar-refractivity contribution in [1.82, 2.24) is 0 Å². The Labute approximate surface area is 114 Å². The van der Waals surface area contributed by atoms with Crippen molar-refractivity contribution in [3.05, 3.63) is 64.1 Å². The van der Waals surface area contributed by atoms with E-state index in [2.05, 4.69) is 15.9 Å². The Hall–Kier alpha value is -1.61. The summed E-state index contributed by atoms with van der Waals surface area (Å²) in [4.78, 5) is 12.5. The third-order valence-electron chi connectivity index (χ3n) is 3.26.